The molecule has 2 bridgehead atoms. The molecule has 124 valence electrons. The zero-order chi connectivity index (χ0) is 15.7. The van der Waals surface area contributed by atoms with Crippen LogP contribution in [0.25, 0.3) is 0 Å². The fourth-order valence-electron chi connectivity index (χ4n) is 5.90. The minimum atomic E-state index is -0.166. The van der Waals surface area contributed by atoms with Crippen LogP contribution in [-0.4, -0.2) is 25.2 Å². The van der Waals surface area contributed by atoms with Crippen molar-refractivity contribution in [2.45, 2.75) is 58.8 Å². The van der Waals surface area contributed by atoms with E-state index in [-0.39, 0.29) is 11.9 Å². The number of ether oxygens (including phenoxy) is 2. The van der Waals surface area contributed by atoms with Gasteiger partial charge >= 0.3 is 11.9 Å². The Morgan fingerprint density at radius 3 is 2.50 bits per heavy atom. The highest BCUT2D eigenvalue weighted by molar-refractivity contribution is 5.66. The van der Waals surface area contributed by atoms with Crippen LogP contribution < -0.4 is 0 Å². The number of hydrogen-bond acceptors (Lipinski definition) is 4. The highest BCUT2D eigenvalue weighted by Crippen LogP contribution is 2.68. The summed E-state index contributed by atoms with van der Waals surface area (Å²) in [5.74, 6) is 2.88. The quantitative estimate of drug-likeness (QED) is 0.706. The van der Waals surface area contributed by atoms with Crippen molar-refractivity contribution in [1.29, 1.82) is 0 Å². The van der Waals surface area contributed by atoms with Crippen molar-refractivity contribution in [3.05, 3.63) is 0 Å². The van der Waals surface area contributed by atoms with Gasteiger partial charge in [0.25, 0.3) is 0 Å². The molecule has 0 spiro atoms. The molecule has 0 N–H and O–H groups in total. The predicted octanol–water partition coefficient (Wildman–Crippen LogP) is 3.34. The lowest BCUT2D eigenvalue weighted by Gasteiger charge is -2.37. The first kappa shape index (κ1) is 15.8. The zero-order valence-corrected chi connectivity index (χ0v) is 13.8. The topological polar surface area (TPSA) is 52.6 Å². The fourth-order valence-corrected chi connectivity index (χ4v) is 5.90. The third kappa shape index (κ3) is 2.89. The van der Waals surface area contributed by atoms with Gasteiger partial charge in [0.1, 0.15) is 0 Å². The van der Waals surface area contributed by atoms with Gasteiger partial charge in [0, 0.05) is 13.8 Å². The van der Waals surface area contributed by atoms with Gasteiger partial charge in [-0.25, -0.2) is 0 Å². The van der Waals surface area contributed by atoms with Gasteiger partial charge in [0.05, 0.1) is 13.2 Å². The lowest BCUT2D eigenvalue weighted by molar-refractivity contribution is -0.142. The molecule has 0 aliphatic heterocycles. The zero-order valence-electron chi connectivity index (χ0n) is 13.8. The van der Waals surface area contributed by atoms with Crippen LogP contribution in [0.5, 0.6) is 0 Å². The van der Waals surface area contributed by atoms with Crippen LogP contribution in [0.3, 0.4) is 0 Å². The second kappa shape index (κ2) is 6.21. The van der Waals surface area contributed by atoms with Gasteiger partial charge in [-0.15, -0.1) is 0 Å². The molecule has 0 saturated heterocycles. The SMILES string of the molecule is CC(=O)OCCC1CCC2C1C1CCC2(CCOC(C)=O)C1. The van der Waals surface area contributed by atoms with Crippen molar-refractivity contribution < 1.29 is 19.1 Å². The minimum absolute atomic E-state index is 0.161. The van der Waals surface area contributed by atoms with E-state index >= 15 is 0 Å². The molecule has 0 aromatic heterocycles. The fraction of sp³-hybridized carbons (Fsp3) is 0.889. The summed E-state index contributed by atoms with van der Waals surface area (Å²) in [6, 6.07) is 0. The smallest absolute Gasteiger partial charge is 0.302 e. The first-order chi connectivity index (χ1) is 10.5. The third-order valence-electron chi connectivity index (χ3n) is 6.57. The Balaban J connectivity index is 1.57. The maximum absolute atomic E-state index is 11.0. The van der Waals surface area contributed by atoms with Gasteiger partial charge < -0.3 is 9.47 Å². The molecule has 3 rings (SSSR count). The molecule has 0 radical (unpaired) electrons. The predicted molar refractivity (Wildman–Crippen MR) is 82.0 cm³/mol. The maximum Gasteiger partial charge on any atom is 0.302 e. The summed E-state index contributed by atoms with van der Waals surface area (Å²) in [5.41, 5.74) is 0.432. The standard InChI is InChI=1S/C18H28O4/c1-12(19)21-9-6-14-3-4-16-17(14)15-5-7-18(16,11-15)8-10-22-13(2)20/h14-17H,3-11H2,1-2H3. The Morgan fingerprint density at radius 2 is 1.77 bits per heavy atom. The summed E-state index contributed by atoms with van der Waals surface area (Å²) in [6.07, 6.45) is 8.64. The molecule has 4 nitrogen and oxygen atoms in total. The average Bonchev–Trinajstić information content (AvgIpc) is 3.09. The number of esters is 2. The second-order valence-corrected chi connectivity index (χ2v) is 7.61. The van der Waals surface area contributed by atoms with E-state index in [1.54, 1.807) is 0 Å². The van der Waals surface area contributed by atoms with E-state index < -0.39 is 0 Å². The molecule has 0 aromatic rings. The van der Waals surface area contributed by atoms with Crippen LogP contribution in [0.15, 0.2) is 0 Å². The Kier molecular flexibility index (Phi) is 4.47. The molecule has 5 unspecified atom stereocenters. The van der Waals surface area contributed by atoms with E-state index in [2.05, 4.69) is 0 Å². The van der Waals surface area contributed by atoms with Crippen molar-refractivity contribution in [1.82, 2.24) is 0 Å². The first-order valence-corrected chi connectivity index (χ1v) is 8.78. The van der Waals surface area contributed by atoms with Crippen LogP contribution in [0.2, 0.25) is 0 Å². The number of carbonyl (C=O) groups excluding carboxylic acids is 2. The van der Waals surface area contributed by atoms with E-state index in [0.29, 0.717) is 18.6 Å². The second-order valence-electron chi connectivity index (χ2n) is 7.61. The molecule has 3 aliphatic rings. The van der Waals surface area contributed by atoms with Crippen LogP contribution in [0.4, 0.5) is 0 Å². The van der Waals surface area contributed by atoms with E-state index in [4.69, 9.17) is 9.47 Å². The van der Waals surface area contributed by atoms with E-state index in [1.807, 2.05) is 0 Å². The van der Waals surface area contributed by atoms with Crippen LogP contribution in [0, 0.1) is 29.1 Å². The molecule has 0 amide bonds. The molecule has 3 aliphatic carbocycles. The summed E-state index contributed by atoms with van der Waals surface area (Å²) in [6.45, 7) is 4.14. The molecule has 0 heterocycles. The average molecular weight is 308 g/mol. The van der Waals surface area contributed by atoms with E-state index in [0.717, 1.165) is 36.5 Å². The Hall–Kier alpha value is -1.06. The molecule has 0 aromatic carbocycles. The molecule has 3 fully saturated rings. The molecular weight excluding hydrogens is 280 g/mol. The summed E-state index contributed by atoms with van der Waals surface area (Å²) < 4.78 is 10.4. The van der Waals surface area contributed by atoms with Crippen LogP contribution in [0.1, 0.15) is 58.8 Å². The summed E-state index contributed by atoms with van der Waals surface area (Å²) in [7, 11) is 0. The highest BCUT2D eigenvalue weighted by Gasteiger charge is 2.60. The van der Waals surface area contributed by atoms with Crippen molar-refractivity contribution in [2.24, 2.45) is 29.1 Å². The van der Waals surface area contributed by atoms with E-state index in [1.165, 1.54) is 46.0 Å². The monoisotopic (exact) mass is 308 g/mol. The van der Waals surface area contributed by atoms with Crippen molar-refractivity contribution in [2.75, 3.05) is 13.2 Å². The van der Waals surface area contributed by atoms with Gasteiger partial charge in [0.15, 0.2) is 0 Å². The number of carbonyl (C=O) groups is 2. The van der Waals surface area contributed by atoms with Crippen molar-refractivity contribution >= 4 is 11.9 Å². The minimum Gasteiger partial charge on any atom is -0.466 e. The number of fused-ring (bicyclic) bond motifs is 5. The molecule has 4 heteroatoms. The lowest BCUT2D eigenvalue weighted by Crippen LogP contribution is -2.31. The maximum atomic E-state index is 11.0. The Bertz CT molecular complexity index is 446. The normalized spacial score (nSPS) is 38.8. The van der Waals surface area contributed by atoms with Crippen molar-refractivity contribution in [3.8, 4) is 0 Å². The largest absolute Gasteiger partial charge is 0.466 e. The summed E-state index contributed by atoms with van der Waals surface area (Å²) in [5, 5.41) is 0. The Labute approximate surface area is 132 Å². The Morgan fingerprint density at radius 1 is 1.05 bits per heavy atom. The van der Waals surface area contributed by atoms with Gasteiger partial charge in [-0.3, -0.25) is 9.59 Å². The molecule has 3 saturated carbocycles. The highest BCUT2D eigenvalue weighted by atomic mass is 16.5. The van der Waals surface area contributed by atoms with Gasteiger partial charge in [-0.2, -0.15) is 0 Å². The summed E-state index contributed by atoms with van der Waals surface area (Å²) in [4.78, 5) is 21.9. The molecule has 22 heavy (non-hydrogen) atoms. The first-order valence-electron chi connectivity index (χ1n) is 8.78. The molecular formula is C18H28O4. The van der Waals surface area contributed by atoms with Crippen LogP contribution in [-0.2, 0) is 19.1 Å². The molecule has 5 atom stereocenters. The summed E-state index contributed by atoms with van der Waals surface area (Å²) >= 11 is 0. The van der Waals surface area contributed by atoms with Gasteiger partial charge in [0.2, 0.25) is 0 Å². The third-order valence-corrected chi connectivity index (χ3v) is 6.57. The number of hydrogen-bond donors (Lipinski definition) is 0. The van der Waals surface area contributed by atoms with E-state index in [9.17, 15) is 9.59 Å². The van der Waals surface area contributed by atoms with Gasteiger partial charge in [-0.05, 0) is 74.0 Å². The van der Waals surface area contributed by atoms with Crippen molar-refractivity contribution in [3.63, 3.8) is 0 Å². The van der Waals surface area contributed by atoms with Crippen LogP contribution >= 0.6 is 0 Å². The number of rotatable bonds is 6. The van der Waals surface area contributed by atoms with Gasteiger partial charge in [-0.1, -0.05) is 0 Å². The lowest BCUT2D eigenvalue weighted by atomic mass is 9.68.